The smallest absolute Gasteiger partial charge is 0.245 e. The third-order valence-electron chi connectivity index (χ3n) is 3.36. The molecule has 18 heavy (non-hydrogen) atoms. The van der Waals surface area contributed by atoms with Crippen molar-refractivity contribution in [1.29, 1.82) is 0 Å². The Labute approximate surface area is 106 Å². The average Bonchev–Trinajstić information content (AvgIpc) is 2.82. The maximum atomic E-state index is 12.4. The van der Waals surface area contributed by atoms with Crippen molar-refractivity contribution in [3.63, 3.8) is 0 Å². The molecule has 0 aromatic carbocycles. The van der Waals surface area contributed by atoms with E-state index in [2.05, 4.69) is 10.6 Å². The molecule has 0 spiro atoms. The van der Waals surface area contributed by atoms with Gasteiger partial charge in [0.2, 0.25) is 21.8 Å². The molecule has 102 valence electrons. The van der Waals surface area contributed by atoms with Crippen LogP contribution in [0, 0.1) is 0 Å². The van der Waals surface area contributed by atoms with Gasteiger partial charge in [0, 0.05) is 6.54 Å². The quantitative estimate of drug-likeness (QED) is 0.606. The van der Waals surface area contributed by atoms with Gasteiger partial charge in [0.25, 0.3) is 0 Å². The molecule has 2 heterocycles. The van der Waals surface area contributed by atoms with E-state index >= 15 is 0 Å². The predicted molar refractivity (Wildman–Crippen MR) is 64.1 cm³/mol. The molecule has 0 aliphatic carbocycles. The molecule has 2 N–H and O–H groups in total. The molecule has 2 amide bonds. The summed E-state index contributed by atoms with van der Waals surface area (Å²) in [7, 11) is -3.60. The van der Waals surface area contributed by atoms with E-state index in [0.29, 0.717) is 25.9 Å². The van der Waals surface area contributed by atoms with Crippen molar-refractivity contribution in [3.8, 4) is 0 Å². The van der Waals surface area contributed by atoms with Crippen molar-refractivity contribution in [1.82, 2.24) is 14.9 Å². The summed E-state index contributed by atoms with van der Waals surface area (Å²) in [6.07, 6.45) is 0.879. The number of nitrogens with zero attached hydrogens (tertiary/aromatic N) is 1. The van der Waals surface area contributed by atoms with Gasteiger partial charge in [-0.1, -0.05) is 6.92 Å². The molecular formula is C10H17N3O4S. The van der Waals surface area contributed by atoms with Crippen LogP contribution in [0.25, 0.3) is 0 Å². The number of sulfonamides is 1. The van der Waals surface area contributed by atoms with Gasteiger partial charge in [0.05, 0.1) is 11.8 Å². The number of nitrogens with one attached hydrogen (secondary N) is 2. The molecule has 2 rings (SSSR count). The van der Waals surface area contributed by atoms with Crippen LogP contribution in [0.5, 0.6) is 0 Å². The fourth-order valence-corrected chi connectivity index (χ4v) is 4.40. The molecule has 8 heteroatoms. The van der Waals surface area contributed by atoms with E-state index in [4.69, 9.17) is 0 Å². The lowest BCUT2D eigenvalue weighted by Gasteiger charge is -2.34. The molecule has 0 aromatic rings. The fourth-order valence-electron chi connectivity index (χ4n) is 2.37. The van der Waals surface area contributed by atoms with Gasteiger partial charge in [-0.2, -0.15) is 4.31 Å². The third kappa shape index (κ3) is 2.27. The van der Waals surface area contributed by atoms with E-state index in [-0.39, 0.29) is 6.54 Å². The van der Waals surface area contributed by atoms with Crippen molar-refractivity contribution in [2.75, 3.05) is 19.6 Å². The van der Waals surface area contributed by atoms with Crippen LogP contribution in [0.1, 0.15) is 19.8 Å². The highest BCUT2D eigenvalue weighted by molar-refractivity contribution is 7.89. The monoisotopic (exact) mass is 275 g/mol. The van der Waals surface area contributed by atoms with Crippen LogP contribution in [0.15, 0.2) is 0 Å². The molecule has 2 aliphatic heterocycles. The summed E-state index contributed by atoms with van der Waals surface area (Å²) in [4.78, 5) is 23.0. The van der Waals surface area contributed by atoms with Crippen LogP contribution in [0.2, 0.25) is 0 Å². The normalized spacial score (nSPS) is 30.5. The fraction of sp³-hybridized carbons (Fsp3) is 0.800. The first-order chi connectivity index (χ1) is 8.46. The maximum Gasteiger partial charge on any atom is 0.245 e. The van der Waals surface area contributed by atoms with Gasteiger partial charge in [0.15, 0.2) is 0 Å². The molecule has 0 radical (unpaired) electrons. The second kappa shape index (κ2) is 4.94. The SMILES string of the molecule is CCC1C(=O)NC(=O)CN1S(=O)(=O)C1CCNC1. The van der Waals surface area contributed by atoms with Crippen LogP contribution < -0.4 is 10.6 Å². The Morgan fingerprint density at radius 2 is 2.11 bits per heavy atom. The van der Waals surface area contributed by atoms with Gasteiger partial charge >= 0.3 is 0 Å². The van der Waals surface area contributed by atoms with Gasteiger partial charge in [-0.3, -0.25) is 14.9 Å². The first kappa shape index (κ1) is 13.4. The van der Waals surface area contributed by atoms with Gasteiger partial charge < -0.3 is 5.32 Å². The summed E-state index contributed by atoms with van der Waals surface area (Å²) >= 11 is 0. The van der Waals surface area contributed by atoms with Gasteiger partial charge in [-0.25, -0.2) is 8.42 Å². The van der Waals surface area contributed by atoms with Crippen molar-refractivity contribution < 1.29 is 18.0 Å². The molecule has 2 unspecified atom stereocenters. The van der Waals surface area contributed by atoms with Crippen molar-refractivity contribution in [2.45, 2.75) is 31.1 Å². The summed E-state index contributed by atoms with van der Waals surface area (Å²) in [6, 6.07) is -0.770. The van der Waals surface area contributed by atoms with Crippen molar-refractivity contribution in [3.05, 3.63) is 0 Å². The van der Waals surface area contributed by atoms with Crippen LogP contribution in [0.3, 0.4) is 0 Å². The highest BCUT2D eigenvalue weighted by Crippen LogP contribution is 2.21. The van der Waals surface area contributed by atoms with Crippen LogP contribution in [-0.4, -0.2) is 55.5 Å². The zero-order chi connectivity index (χ0) is 13.3. The second-order valence-corrected chi connectivity index (χ2v) is 6.71. The van der Waals surface area contributed by atoms with Crippen molar-refractivity contribution >= 4 is 21.8 Å². The Morgan fingerprint density at radius 1 is 1.39 bits per heavy atom. The number of rotatable bonds is 3. The Hall–Kier alpha value is -0.990. The molecule has 2 fully saturated rings. The largest absolute Gasteiger partial charge is 0.315 e. The molecule has 2 aliphatic rings. The lowest BCUT2D eigenvalue weighted by Crippen LogP contribution is -2.61. The van der Waals surface area contributed by atoms with Crippen LogP contribution in [-0.2, 0) is 19.6 Å². The Balaban J connectivity index is 2.28. The van der Waals surface area contributed by atoms with E-state index in [1.165, 1.54) is 0 Å². The summed E-state index contributed by atoms with van der Waals surface area (Å²) < 4.78 is 25.9. The predicted octanol–water partition coefficient (Wildman–Crippen LogP) is -1.58. The Kier molecular flexibility index (Phi) is 3.69. The Bertz CT molecular complexity index is 456. The average molecular weight is 275 g/mol. The zero-order valence-electron chi connectivity index (χ0n) is 10.2. The minimum Gasteiger partial charge on any atom is -0.315 e. The lowest BCUT2D eigenvalue weighted by molar-refractivity contribution is -0.137. The first-order valence-electron chi connectivity index (χ1n) is 6.02. The first-order valence-corrected chi connectivity index (χ1v) is 7.52. The number of hydrogen-bond donors (Lipinski definition) is 2. The minimum atomic E-state index is -3.60. The highest BCUT2D eigenvalue weighted by atomic mass is 32.2. The standard InChI is InChI=1S/C10H17N3O4S/c1-2-8-10(15)12-9(14)6-13(8)18(16,17)7-3-4-11-5-7/h7-8,11H,2-6H2,1H3,(H,12,14,15). The Morgan fingerprint density at radius 3 is 2.67 bits per heavy atom. The highest BCUT2D eigenvalue weighted by Gasteiger charge is 2.43. The van der Waals surface area contributed by atoms with E-state index in [0.717, 1.165) is 4.31 Å². The van der Waals surface area contributed by atoms with Gasteiger partial charge in [-0.05, 0) is 19.4 Å². The summed E-state index contributed by atoms with van der Waals surface area (Å²) in [5, 5.41) is 4.62. The third-order valence-corrected chi connectivity index (χ3v) is 5.64. The molecule has 0 aromatic heterocycles. The molecule has 2 atom stereocenters. The topological polar surface area (TPSA) is 95.6 Å². The molecular weight excluding hydrogens is 258 g/mol. The summed E-state index contributed by atoms with van der Waals surface area (Å²) in [5.41, 5.74) is 0. The van der Waals surface area contributed by atoms with Gasteiger partial charge in [0.1, 0.15) is 6.04 Å². The number of carbonyl (C=O) groups is 2. The number of piperazine rings is 1. The molecule has 0 saturated carbocycles. The van der Waals surface area contributed by atoms with E-state index in [1.54, 1.807) is 6.92 Å². The summed E-state index contributed by atoms with van der Waals surface area (Å²) in [5.74, 6) is -1.08. The minimum absolute atomic E-state index is 0.261. The number of carbonyl (C=O) groups excluding carboxylic acids is 2. The number of amides is 2. The zero-order valence-corrected chi connectivity index (χ0v) is 11.0. The molecule has 0 bridgehead atoms. The van der Waals surface area contributed by atoms with E-state index < -0.39 is 33.1 Å². The van der Waals surface area contributed by atoms with E-state index in [9.17, 15) is 18.0 Å². The molecule has 2 saturated heterocycles. The molecule has 7 nitrogen and oxygen atoms in total. The van der Waals surface area contributed by atoms with Crippen LogP contribution in [0.4, 0.5) is 0 Å². The second-order valence-electron chi connectivity index (χ2n) is 4.54. The number of hydrogen-bond acceptors (Lipinski definition) is 5. The maximum absolute atomic E-state index is 12.4. The lowest BCUT2D eigenvalue weighted by atomic mass is 10.2. The summed E-state index contributed by atoms with van der Waals surface area (Å²) in [6.45, 7) is 2.50. The van der Waals surface area contributed by atoms with E-state index in [1.807, 2.05) is 0 Å². The van der Waals surface area contributed by atoms with Crippen LogP contribution >= 0.6 is 0 Å². The van der Waals surface area contributed by atoms with Crippen molar-refractivity contribution in [2.24, 2.45) is 0 Å². The van der Waals surface area contributed by atoms with Gasteiger partial charge in [-0.15, -0.1) is 0 Å². The number of imide groups is 1.